The van der Waals surface area contributed by atoms with E-state index in [0.717, 1.165) is 28.2 Å². The number of benzene rings is 2. The molecule has 26 heavy (non-hydrogen) atoms. The van der Waals surface area contributed by atoms with Crippen molar-refractivity contribution in [2.45, 2.75) is 6.92 Å². The smallest absolute Gasteiger partial charge is 0.257 e. The fraction of sp³-hybridized carbons (Fsp3) is 0.0500. The minimum Gasteiger partial charge on any atom is -0.340 e. The molecule has 3 heterocycles. The van der Waals surface area contributed by atoms with Crippen LogP contribution in [-0.4, -0.2) is 19.6 Å². The molecule has 126 valence electrons. The Balaban J connectivity index is 1.77. The lowest BCUT2D eigenvalue weighted by molar-refractivity contribution is 1.02. The SMILES string of the molecule is Cc1nnc2nc(Nc3ccccc3)c3ccc(-c4ccsc4)cc3n12. The Kier molecular flexibility index (Phi) is 3.43. The van der Waals surface area contributed by atoms with Crippen molar-refractivity contribution in [1.29, 1.82) is 0 Å². The molecule has 0 unspecified atom stereocenters. The van der Waals surface area contributed by atoms with Gasteiger partial charge in [-0.15, -0.1) is 10.2 Å². The number of aromatic nitrogens is 4. The zero-order valence-electron chi connectivity index (χ0n) is 14.0. The number of thiophene rings is 1. The Morgan fingerprint density at radius 1 is 0.962 bits per heavy atom. The fourth-order valence-corrected chi connectivity index (χ4v) is 3.81. The van der Waals surface area contributed by atoms with Gasteiger partial charge in [0.1, 0.15) is 11.6 Å². The van der Waals surface area contributed by atoms with Crippen LogP contribution in [0, 0.1) is 6.92 Å². The molecule has 0 atom stereocenters. The fourth-order valence-electron chi connectivity index (χ4n) is 3.14. The molecule has 6 heteroatoms. The van der Waals surface area contributed by atoms with Crippen molar-refractivity contribution in [3.63, 3.8) is 0 Å². The van der Waals surface area contributed by atoms with Crippen LogP contribution >= 0.6 is 11.3 Å². The van der Waals surface area contributed by atoms with Gasteiger partial charge in [-0.1, -0.05) is 24.3 Å². The number of rotatable bonds is 3. The molecule has 0 aliphatic carbocycles. The highest BCUT2D eigenvalue weighted by Gasteiger charge is 2.13. The first-order valence-corrected chi connectivity index (χ1v) is 9.24. The normalized spacial score (nSPS) is 11.3. The predicted octanol–water partition coefficient (Wildman–Crippen LogP) is 5.06. The molecular weight excluding hydrogens is 342 g/mol. The lowest BCUT2D eigenvalue weighted by Gasteiger charge is -2.12. The van der Waals surface area contributed by atoms with Crippen LogP contribution in [0.25, 0.3) is 27.8 Å². The van der Waals surface area contributed by atoms with Crippen LogP contribution in [0.1, 0.15) is 5.82 Å². The zero-order valence-corrected chi connectivity index (χ0v) is 14.9. The summed E-state index contributed by atoms with van der Waals surface area (Å²) in [6, 6.07) is 18.6. The summed E-state index contributed by atoms with van der Waals surface area (Å²) in [4.78, 5) is 4.69. The van der Waals surface area contributed by atoms with Gasteiger partial charge in [0.15, 0.2) is 0 Å². The predicted molar refractivity (Wildman–Crippen MR) is 106 cm³/mol. The number of nitrogens with zero attached hydrogens (tertiary/aromatic N) is 4. The molecule has 0 saturated carbocycles. The Labute approximate surface area is 154 Å². The molecule has 0 aliphatic heterocycles. The molecule has 0 spiro atoms. The van der Waals surface area contributed by atoms with Gasteiger partial charge >= 0.3 is 0 Å². The summed E-state index contributed by atoms with van der Waals surface area (Å²) < 4.78 is 2.00. The Morgan fingerprint density at radius 3 is 2.65 bits per heavy atom. The molecule has 0 aliphatic rings. The van der Waals surface area contributed by atoms with Crippen LogP contribution in [-0.2, 0) is 0 Å². The maximum atomic E-state index is 4.69. The summed E-state index contributed by atoms with van der Waals surface area (Å²) in [6.45, 7) is 1.95. The van der Waals surface area contributed by atoms with Crippen molar-refractivity contribution in [2.24, 2.45) is 0 Å². The van der Waals surface area contributed by atoms with Gasteiger partial charge in [-0.3, -0.25) is 4.40 Å². The minimum absolute atomic E-state index is 0.593. The van der Waals surface area contributed by atoms with Gasteiger partial charge in [-0.25, -0.2) is 0 Å². The third-order valence-electron chi connectivity index (χ3n) is 4.40. The van der Waals surface area contributed by atoms with E-state index >= 15 is 0 Å². The molecule has 0 radical (unpaired) electrons. The summed E-state index contributed by atoms with van der Waals surface area (Å²) in [5, 5.41) is 17.1. The Bertz CT molecular complexity index is 1210. The van der Waals surface area contributed by atoms with Gasteiger partial charge in [0.25, 0.3) is 5.78 Å². The summed E-state index contributed by atoms with van der Waals surface area (Å²) in [6.07, 6.45) is 0. The van der Waals surface area contributed by atoms with E-state index in [2.05, 4.69) is 50.5 Å². The van der Waals surface area contributed by atoms with Crippen LogP contribution in [0.15, 0.2) is 65.4 Å². The van der Waals surface area contributed by atoms with Crippen LogP contribution in [0.2, 0.25) is 0 Å². The Morgan fingerprint density at radius 2 is 1.85 bits per heavy atom. The summed E-state index contributed by atoms with van der Waals surface area (Å²) in [7, 11) is 0. The quantitative estimate of drug-likeness (QED) is 0.490. The molecule has 0 saturated heterocycles. The van der Waals surface area contributed by atoms with Gasteiger partial charge in [-0.05, 0) is 59.1 Å². The highest BCUT2D eigenvalue weighted by atomic mass is 32.1. The molecule has 0 fully saturated rings. The first-order valence-electron chi connectivity index (χ1n) is 8.30. The number of hydrogen-bond donors (Lipinski definition) is 1. The van der Waals surface area contributed by atoms with E-state index in [1.807, 2.05) is 41.7 Å². The number of para-hydroxylation sites is 1. The van der Waals surface area contributed by atoms with Crippen molar-refractivity contribution in [1.82, 2.24) is 19.6 Å². The van der Waals surface area contributed by atoms with E-state index in [9.17, 15) is 0 Å². The third kappa shape index (κ3) is 2.43. The second kappa shape index (κ2) is 5.93. The summed E-state index contributed by atoms with van der Waals surface area (Å²) in [5.74, 6) is 2.20. The molecule has 0 amide bonds. The molecular formula is C20H15N5S. The summed E-state index contributed by atoms with van der Waals surface area (Å²) >= 11 is 1.70. The van der Waals surface area contributed by atoms with Gasteiger partial charge in [-0.2, -0.15) is 16.3 Å². The van der Waals surface area contributed by atoms with Crippen LogP contribution in [0.3, 0.4) is 0 Å². The van der Waals surface area contributed by atoms with Crippen LogP contribution in [0.4, 0.5) is 11.5 Å². The van der Waals surface area contributed by atoms with Crippen LogP contribution < -0.4 is 5.32 Å². The van der Waals surface area contributed by atoms with E-state index in [1.165, 1.54) is 11.1 Å². The molecule has 5 nitrogen and oxygen atoms in total. The van der Waals surface area contributed by atoms with Gasteiger partial charge in [0.2, 0.25) is 0 Å². The molecule has 2 aromatic carbocycles. The maximum Gasteiger partial charge on any atom is 0.257 e. The van der Waals surface area contributed by atoms with Crippen molar-refractivity contribution < 1.29 is 0 Å². The second-order valence-corrected chi connectivity index (χ2v) is 6.86. The highest BCUT2D eigenvalue weighted by Crippen LogP contribution is 2.31. The molecule has 3 aromatic heterocycles. The number of nitrogens with one attached hydrogen (secondary N) is 1. The minimum atomic E-state index is 0.593. The van der Waals surface area contributed by atoms with Crippen LogP contribution in [0.5, 0.6) is 0 Å². The largest absolute Gasteiger partial charge is 0.340 e. The molecule has 5 aromatic rings. The summed E-state index contributed by atoms with van der Waals surface area (Å²) in [5.41, 5.74) is 4.42. The molecule has 0 bridgehead atoms. The monoisotopic (exact) mass is 357 g/mol. The second-order valence-electron chi connectivity index (χ2n) is 6.08. The Hall–Kier alpha value is -3.25. The van der Waals surface area contributed by atoms with Gasteiger partial charge in [0, 0.05) is 11.1 Å². The van der Waals surface area contributed by atoms with E-state index in [0.29, 0.717) is 5.78 Å². The zero-order chi connectivity index (χ0) is 17.5. The van der Waals surface area contributed by atoms with E-state index < -0.39 is 0 Å². The molecule has 5 rings (SSSR count). The number of anilines is 2. The number of fused-ring (bicyclic) bond motifs is 3. The highest BCUT2D eigenvalue weighted by molar-refractivity contribution is 7.08. The van der Waals surface area contributed by atoms with E-state index in [4.69, 9.17) is 4.98 Å². The third-order valence-corrected chi connectivity index (χ3v) is 5.09. The van der Waals surface area contributed by atoms with Crippen molar-refractivity contribution >= 4 is 39.5 Å². The van der Waals surface area contributed by atoms with Gasteiger partial charge in [0.05, 0.1) is 5.52 Å². The first kappa shape index (κ1) is 15.0. The van der Waals surface area contributed by atoms with E-state index in [-0.39, 0.29) is 0 Å². The van der Waals surface area contributed by atoms with E-state index in [1.54, 1.807) is 11.3 Å². The number of hydrogen-bond acceptors (Lipinski definition) is 5. The maximum absolute atomic E-state index is 4.69. The first-order chi connectivity index (χ1) is 12.8. The van der Waals surface area contributed by atoms with Crippen molar-refractivity contribution in [2.75, 3.05) is 5.32 Å². The average molecular weight is 357 g/mol. The van der Waals surface area contributed by atoms with Gasteiger partial charge < -0.3 is 5.32 Å². The van der Waals surface area contributed by atoms with Crippen molar-refractivity contribution in [3.05, 3.63) is 71.2 Å². The van der Waals surface area contributed by atoms with Crippen molar-refractivity contribution in [3.8, 4) is 11.1 Å². The lowest BCUT2D eigenvalue weighted by Crippen LogP contribution is -2.01. The number of aryl methyl sites for hydroxylation is 1. The average Bonchev–Trinajstić information content (AvgIpc) is 3.33. The lowest BCUT2D eigenvalue weighted by atomic mass is 10.1. The standard InChI is InChI=1S/C20H15N5S/c1-13-23-24-20-22-19(21-16-5-3-2-4-6-16)17-8-7-14(11-18(17)25(13)20)15-9-10-26-12-15/h2-12H,1H3,(H,21,22,24). The molecule has 1 N–H and O–H groups in total. The topological polar surface area (TPSA) is 55.1 Å².